The summed E-state index contributed by atoms with van der Waals surface area (Å²) in [6.45, 7) is 1.53. The van der Waals surface area contributed by atoms with Gasteiger partial charge in [0.15, 0.2) is 0 Å². The Hall–Kier alpha value is -2.49. The van der Waals surface area contributed by atoms with E-state index in [-0.39, 0.29) is 18.0 Å². The van der Waals surface area contributed by atoms with Crippen LogP contribution in [0, 0.1) is 28.9 Å². The molecular weight excluding hydrogens is 304 g/mol. The van der Waals surface area contributed by atoms with E-state index in [1.54, 1.807) is 0 Å². The lowest BCUT2D eigenvalue weighted by Crippen LogP contribution is -2.52. The van der Waals surface area contributed by atoms with Crippen LogP contribution < -0.4 is 10.6 Å². The van der Waals surface area contributed by atoms with Gasteiger partial charge in [-0.05, 0) is 37.3 Å². The molecule has 2 rings (SSSR count). The van der Waals surface area contributed by atoms with Crippen LogP contribution in [0.1, 0.15) is 36.5 Å². The molecule has 1 aromatic rings. The maximum atomic E-state index is 13.1. The summed E-state index contributed by atoms with van der Waals surface area (Å²) in [7, 11) is 0. The van der Waals surface area contributed by atoms with Crippen molar-refractivity contribution in [3.63, 3.8) is 0 Å². The van der Waals surface area contributed by atoms with Gasteiger partial charge in [-0.25, -0.2) is 8.78 Å². The number of halogens is 2. The molecule has 0 unspecified atom stereocenters. The normalized spacial score (nSPS) is 23.1. The summed E-state index contributed by atoms with van der Waals surface area (Å²) in [6, 6.07) is 4.57. The average molecular weight is 321 g/mol. The predicted octanol–water partition coefficient (Wildman–Crippen LogP) is 1.89. The molecule has 1 saturated carbocycles. The van der Waals surface area contributed by atoms with Crippen LogP contribution in [0.4, 0.5) is 8.78 Å². The molecule has 0 saturated heterocycles. The first-order chi connectivity index (χ1) is 10.9. The number of carbonyl (C=O) groups excluding carboxylic acids is 2. The van der Waals surface area contributed by atoms with Gasteiger partial charge in [0, 0.05) is 11.6 Å². The minimum Gasteiger partial charge on any atom is -0.343 e. The third kappa shape index (κ3) is 3.83. The zero-order valence-electron chi connectivity index (χ0n) is 12.7. The molecule has 23 heavy (non-hydrogen) atoms. The van der Waals surface area contributed by atoms with Crippen LogP contribution in [-0.2, 0) is 4.79 Å². The van der Waals surface area contributed by atoms with E-state index < -0.39 is 29.0 Å². The smallest absolute Gasteiger partial charge is 0.251 e. The van der Waals surface area contributed by atoms with Crippen LogP contribution in [0.5, 0.6) is 0 Å². The Morgan fingerprint density at radius 2 is 2.00 bits per heavy atom. The third-order valence-corrected chi connectivity index (χ3v) is 4.15. The highest BCUT2D eigenvalue weighted by Crippen LogP contribution is 2.34. The molecule has 1 aromatic carbocycles. The second-order valence-electron chi connectivity index (χ2n) is 5.77. The molecule has 0 heterocycles. The van der Waals surface area contributed by atoms with Crippen LogP contribution in [0.2, 0.25) is 0 Å². The fourth-order valence-electron chi connectivity index (χ4n) is 2.80. The van der Waals surface area contributed by atoms with Gasteiger partial charge in [-0.3, -0.25) is 9.59 Å². The van der Waals surface area contributed by atoms with Gasteiger partial charge in [0.2, 0.25) is 5.91 Å². The highest BCUT2D eigenvalue weighted by atomic mass is 19.1. The molecule has 0 spiro atoms. The Bertz CT molecular complexity index is 652. The van der Waals surface area contributed by atoms with E-state index in [1.807, 2.05) is 6.92 Å². The first-order valence-corrected chi connectivity index (χ1v) is 7.33. The maximum absolute atomic E-state index is 13.1. The molecule has 0 radical (unpaired) electrons. The molecule has 5 nitrogen and oxygen atoms in total. The summed E-state index contributed by atoms with van der Waals surface area (Å²) in [6.07, 6.45) is 2.27. The quantitative estimate of drug-likeness (QED) is 0.888. The van der Waals surface area contributed by atoms with Gasteiger partial charge in [-0.15, -0.1) is 0 Å². The summed E-state index contributed by atoms with van der Waals surface area (Å²) >= 11 is 0. The lowest BCUT2D eigenvalue weighted by atomic mass is 9.90. The van der Waals surface area contributed by atoms with Crippen molar-refractivity contribution >= 4 is 11.8 Å². The summed E-state index contributed by atoms with van der Waals surface area (Å²) in [5.74, 6) is -2.98. The zero-order chi connectivity index (χ0) is 17.0. The van der Waals surface area contributed by atoms with Crippen LogP contribution in [0.25, 0.3) is 0 Å². The third-order valence-electron chi connectivity index (χ3n) is 4.15. The molecule has 2 atom stereocenters. The molecule has 1 fully saturated rings. The molecule has 0 bridgehead atoms. The van der Waals surface area contributed by atoms with Crippen molar-refractivity contribution < 1.29 is 18.4 Å². The van der Waals surface area contributed by atoms with Gasteiger partial charge in [0.25, 0.3) is 5.91 Å². The standard InChI is InChI=1S/C16H17F2N3O2/c1-10-3-2-4-16(10,9-19)21-14(22)8-20-15(23)11-5-12(17)7-13(18)6-11/h5-7,10H,2-4,8H2,1H3,(H,20,23)(H,21,22)/t10-,16+/m0/s1. The molecule has 122 valence electrons. The van der Waals surface area contributed by atoms with E-state index in [9.17, 15) is 23.6 Å². The second kappa shape index (κ2) is 6.73. The molecule has 0 aromatic heterocycles. The summed E-state index contributed by atoms with van der Waals surface area (Å²) < 4.78 is 26.1. The van der Waals surface area contributed by atoms with E-state index in [0.29, 0.717) is 12.5 Å². The number of carbonyl (C=O) groups is 2. The lowest BCUT2D eigenvalue weighted by molar-refractivity contribution is -0.121. The fraction of sp³-hybridized carbons (Fsp3) is 0.438. The van der Waals surface area contributed by atoms with E-state index in [1.165, 1.54) is 0 Å². The van der Waals surface area contributed by atoms with Crippen LogP contribution in [0.15, 0.2) is 18.2 Å². The first kappa shape index (κ1) is 16.9. The number of rotatable bonds is 4. The minimum absolute atomic E-state index is 0.0319. The highest BCUT2D eigenvalue weighted by Gasteiger charge is 2.41. The summed E-state index contributed by atoms with van der Waals surface area (Å²) in [5, 5.41) is 14.3. The van der Waals surface area contributed by atoms with Crippen LogP contribution in [-0.4, -0.2) is 23.9 Å². The Morgan fingerprint density at radius 1 is 1.35 bits per heavy atom. The van der Waals surface area contributed by atoms with Gasteiger partial charge in [-0.2, -0.15) is 5.26 Å². The van der Waals surface area contributed by atoms with Crippen molar-refractivity contribution in [2.24, 2.45) is 5.92 Å². The van der Waals surface area contributed by atoms with E-state index >= 15 is 0 Å². The number of nitrogens with zero attached hydrogens (tertiary/aromatic N) is 1. The Labute approximate surface area is 132 Å². The monoisotopic (exact) mass is 321 g/mol. The van der Waals surface area contributed by atoms with Crippen molar-refractivity contribution in [1.29, 1.82) is 5.26 Å². The SMILES string of the molecule is C[C@H]1CCC[C@]1(C#N)NC(=O)CNC(=O)c1cc(F)cc(F)c1. The number of nitrogens with one attached hydrogen (secondary N) is 2. The van der Waals surface area contributed by atoms with Gasteiger partial charge >= 0.3 is 0 Å². The van der Waals surface area contributed by atoms with E-state index in [0.717, 1.165) is 25.0 Å². The number of benzene rings is 1. The Balaban J connectivity index is 1.94. The lowest BCUT2D eigenvalue weighted by Gasteiger charge is -2.27. The van der Waals surface area contributed by atoms with E-state index in [2.05, 4.69) is 16.7 Å². The Morgan fingerprint density at radius 3 is 2.52 bits per heavy atom. The fourth-order valence-corrected chi connectivity index (χ4v) is 2.80. The number of hydrogen-bond acceptors (Lipinski definition) is 3. The van der Waals surface area contributed by atoms with Gasteiger partial charge in [0.1, 0.15) is 17.2 Å². The summed E-state index contributed by atoms with van der Waals surface area (Å²) in [4.78, 5) is 23.8. The topological polar surface area (TPSA) is 82.0 Å². The second-order valence-corrected chi connectivity index (χ2v) is 5.77. The van der Waals surface area contributed by atoms with Gasteiger partial charge < -0.3 is 10.6 Å². The number of hydrogen-bond donors (Lipinski definition) is 2. The minimum atomic E-state index is -0.910. The molecule has 1 aliphatic carbocycles. The van der Waals surface area contributed by atoms with Gasteiger partial charge in [-0.1, -0.05) is 6.92 Å². The summed E-state index contributed by atoms with van der Waals surface area (Å²) in [5.41, 5.74) is -1.12. The highest BCUT2D eigenvalue weighted by molar-refractivity contribution is 5.96. The van der Waals surface area contributed by atoms with Crippen LogP contribution in [0.3, 0.4) is 0 Å². The van der Waals surface area contributed by atoms with Crippen LogP contribution >= 0.6 is 0 Å². The molecule has 1 aliphatic rings. The Kier molecular flexibility index (Phi) is 4.94. The van der Waals surface area contributed by atoms with Gasteiger partial charge in [0.05, 0.1) is 12.6 Å². The van der Waals surface area contributed by atoms with E-state index in [4.69, 9.17) is 0 Å². The number of nitriles is 1. The molecule has 2 N–H and O–H groups in total. The van der Waals surface area contributed by atoms with Crippen molar-refractivity contribution in [2.75, 3.05) is 6.54 Å². The molecular formula is C16H17F2N3O2. The van der Waals surface area contributed by atoms with Crippen molar-refractivity contribution in [3.8, 4) is 6.07 Å². The molecule has 0 aliphatic heterocycles. The van der Waals surface area contributed by atoms with Crippen molar-refractivity contribution in [2.45, 2.75) is 31.7 Å². The average Bonchev–Trinajstić information content (AvgIpc) is 2.85. The number of amides is 2. The molecule has 7 heteroatoms. The first-order valence-electron chi connectivity index (χ1n) is 7.33. The predicted molar refractivity (Wildman–Crippen MR) is 78.2 cm³/mol. The zero-order valence-corrected chi connectivity index (χ0v) is 12.7. The molecule has 2 amide bonds. The van der Waals surface area contributed by atoms with Crippen molar-refractivity contribution in [3.05, 3.63) is 35.4 Å². The largest absolute Gasteiger partial charge is 0.343 e. The van der Waals surface area contributed by atoms with Crippen molar-refractivity contribution in [1.82, 2.24) is 10.6 Å². The maximum Gasteiger partial charge on any atom is 0.251 e.